The van der Waals surface area contributed by atoms with E-state index in [0.29, 0.717) is 34.8 Å². The van der Waals surface area contributed by atoms with Crippen molar-refractivity contribution < 1.29 is 23.8 Å². The molecule has 4 rings (SSSR count). The van der Waals surface area contributed by atoms with Crippen LogP contribution in [0.25, 0.3) is 11.1 Å². The van der Waals surface area contributed by atoms with E-state index in [4.69, 9.17) is 14.2 Å². The molecular formula is C36H44O5. The molecule has 218 valence electrons. The maximum Gasteiger partial charge on any atom is 0.343 e. The first-order valence-corrected chi connectivity index (χ1v) is 15.4. The molecule has 1 aliphatic carbocycles. The third-order valence-electron chi connectivity index (χ3n) is 7.63. The second-order valence-electron chi connectivity index (χ2n) is 11.1. The zero-order valence-electron chi connectivity index (χ0n) is 24.9. The minimum atomic E-state index is -0.473. The van der Waals surface area contributed by atoms with Crippen LogP contribution in [0.3, 0.4) is 0 Å². The Kier molecular flexibility index (Phi) is 11.4. The summed E-state index contributed by atoms with van der Waals surface area (Å²) in [4.78, 5) is 26.1. The molecule has 0 saturated heterocycles. The van der Waals surface area contributed by atoms with Crippen LogP contribution in [0.2, 0.25) is 0 Å². The quantitative estimate of drug-likeness (QED) is 0.0736. The summed E-state index contributed by atoms with van der Waals surface area (Å²) in [5.74, 6) is 1.24. The van der Waals surface area contributed by atoms with Gasteiger partial charge in [-0.15, -0.1) is 0 Å². The number of carbonyl (C=O) groups is 2. The van der Waals surface area contributed by atoms with Crippen molar-refractivity contribution in [3.63, 3.8) is 0 Å². The van der Waals surface area contributed by atoms with Crippen LogP contribution < -0.4 is 14.2 Å². The van der Waals surface area contributed by atoms with Crippen molar-refractivity contribution in [1.82, 2.24) is 0 Å². The largest absolute Gasteiger partial charge is 0.494 e. The molecule has 0 heterocycles. The number of carbonyl (C=O) groups excluding carboxylic acids is 2. The van der Waals surface area contributed by atoms with Gasteiger partial charge in [0.2, 0.25) is 0 Å². The predicted molar refractivity (Wildman–Crippen MR) is 164 cm³/mol. The lowest BCUT2D eigenvalue weighted by Crippen LogP contribution is -2.11. The molecular weight excluding hydrogens is 512 g/mol. The van der Waals surface area contributed by atoms with E-state index in [1.165, 1.54) is 51.4 Å². The summed E-state index contributed by atoms with van der Waals surface area (Å²) in [6.45, 7) is 7.18. The van der Waals surface area contributed by atoms with Gasteiger partial charge in [0.1, 0.15) is 17.2 Å². The Hall–Kier alpha value is -3.60. The van der Waals surface area contributed by atoms with Gasteiger partial charge in [0.05, 0.1) is 18.3 Å². The first-order chi connectivity index (χ1) is 20.0. The van der Waals surface area contributed by atoms with Crippen LogP contribution >= 0.6 is 0 Å². The minimum Gasteiger partial charge on any atom is -0.494 e. The van der Waals surface area contributed by atoms with Crippen molar-refractivity contribution in [2.24, 2.45) is 0 Å². The molecule has 0 saturated carbocycles. The van der Waals surface area contributed by atoms with Crippen LogP contribution in [0, 0.1) is 0 Å². The summed E-state index contributed by atoms with van der Waals surface area (Å²) in [5.41, 5.74) is 3.31. The number of unbranched alkanes of at least 4 members (excludes halogenated alkanes) is 8. The summed E-state index contributed by atoms with van der Waals surface area (Å²) in [6, 6.07) is 18.0. The zero-order valence-corrected chi connectivity index (χ0v) is 24.9. The van der Waals surface area contributed by atoms with Gasteiger partial charge in [-0.3, -0.25) is 4.79 Å². The Morgan fingerprint density at radius 3 is 1.90 bits per heavy atom. The smallest absolute Gasteiger partial charge is 0.343 e. The lowest BCUT2D eigenvalue weighted by atomic mass is 10.1. The van der Waals surface area contributed by atoms with E-state index < -0.39 is 5.97 Å². The van der Waals surface area contributed by atoms with E-state index in [9.17, 15) is 9.59 Å². The number of rotatable bonds is 17. The van der Waals surface area contributed by atoms with Gasteiger partial charge in [-0.1, -0.05) is 65.2 Å². The van der Waals surface area contributed by atoms with Crippen molar-refractivity contribution in [2.45, 2.75) is 97.5 Å². The van der Waals surface area contributed by atoms with E-state index >= 15 is 0 Å². The number of fused-ring (bicyclic) bond motifs is 3. The lowest BCUT2D eigenvalue weighted by Gasteiger charge is -2.15. The molecule has 0 aliphatic heterocycles. The maximum absolute atomic E-state index is 13.3. The fourth-order valence-corrected chi connectivity index (χ4v) is 5.25. The number of esters is 1. The third kappa shape index (κ3) is 8.45. The number of hydrogen-bond donors (Lipinski definition) is 0. The third-order valence-corrected chi connectivity index (χ3v) is 7.63. The SMILES string of the molecule is CCCCCCCCOc1ccc(C(=O)Oc2ccc3c(c2)C(=O)c2cc(O[C@H](C)CCCCCC)ccc2-3)cc1. The van der Waals surface area contributed by atoms with Crippen LogP contribution in [0.15, 0.2) is 60.7 Å². The lowest BCUT2D eigenvalue weighted by molar-refractivity contribution is 0.0734. The van der Waals surface area contributed by atoms with Gasteiger partial charge in [-0.2, -0.15) is 0 Å². The molecule has 0 aromatic heterocycles. The highest BCUT2D eigenvalue weighted by molar-refractivity contribution is 6.22. The molecule has 3 aromatic rings. The second kappa shape index (κ2) is 15.4. The molecule has 0 bridgehead atoms. The Morgan fingerprint density at radius 2 is 1.22 bits per heavy atom. The Balaban J connectivity index is 1.31. The average Bonchev–Trinajstić information content (AvgIpc) is 3.25. The molecule has 0 amide bonds. The molecule has 41 heavy (non-hydrogen) atoms. The Labute approximate surface area is 245 Å². The highest BCUT2D eigenvalue weighted by Gasteiger charge is 2.28. The number of ether oxygens (including phenoxy) is 3. The summed E-state index contributed by atoms with van der Waals surface area (Å²) >= 11 is 0. The van der Waals surface area contributed by atoms with Crippen molar-refractivity contribution in [1.29, 1.82) is 0 Å². The van der Waals surface area contributed by atoms with E-state index in [0.717, 1.165) is 36.1 Å². The van der Waals surface area contributed by atoms with E-state index in [2.05, 4.69) is 20.8 Å². The summed E-state index contributed by atoms with van der Waals surface area (Å²) in [6.07, 6.45) is 13.2. The number of ketones is 1. The molecule has 0 unspecified atom stereocenters. The summed E-state index contributed by atoms with van der Waals surface area (Å²) in [7, 11) is 0. The van der Waals surface area contributed by atoms with Gasteiger partial charge >= 0.3 is 5.97 Å². The van der Waals surface area contributed by atoms with Gasteiger partial charge in [-0.25, -0.2) is 4.79 Å². The van der Waals surface area contributed by atoms with E-state index in [-0.39, 0.29) is 11.9 Å². The Morgan fingerprint density at radius 1 is 0.659 bits per heavy atom. The van der Waals surface area contributed by atoms with Crippen LogP contribution in [0.4, 0.5) is 0 Å². The molecule has 0 fully saturated rings. The van der Waals surface area contributed by atoms with E-state index in [1.54, 1.807) is 36.4 Å². The van der Waals surface area contributed by atoms with Crippen molar-refractivity contribution in [3.8, 4) is 28.4 Å². The summed E-state index contributed by atoms with van der Waals surface area (Å²) in [5, 5.41) is 0. The van der Waals surface area contributed by atoms with Crippen molar-refractivity contribution in [3.05, 3.63) is 77.4 Å². The first kappa shape index (κ1) is 30.4. The molecule has 0 N–H and O–H groups in total. The number of hydrogen-bond acceptors (Lipinski definition) is 5. The van der Waals surface area contributed by atoms with Gasteiger partial charge in [-0.05, 0) is 98.0 Å². The van der Waals surface area contributed by atoms with Crippen LogP contribution in [-0.2, 0) is 0 Å². The van der Waals surface area contributed by atoms with Crippen LogP contribution in [0.1, 0.15) is 118 Å². The average molecular weight is 557 g/mol. The van der Waals surface area contributed by atoms with E-state index in [1.807, 2.05) is 24.3 Å². The molecule has 3 aromatic carbocycles. The highest BCUT2D eigenvalue weighted by atomic mass is 16.5. The zero-order chi connectivity index (χ0) is 29.0. The first-order valence-electron chi connectivity index (χ1n) is 15.4. The number of benzene rings is 3. The molecule has 0 spiro atoms. The van der Waals surface area contributed by atoms with Gasteiger partial charge in [0.15, 0.2) is 5.78 Å². The van der Waals surface area contributed by atoms with Crippen LogP contribution in [-0.4, -0.2) is 24.5 Å². The maximum atomic E-state index is 13.3. The molecule has 0 radical (unpaired) electrons. The molecule has 1 aliphatic rings. The fraction of sp³-hybridized carbons (Fsp3) is 0.444. The van der Waals surface area contributed by atoms with Crippen molar-refractivity contribution >= 4 is 11.8 Å². The monoisotopic (exact) mass is 556 g/mol. The topological polar surface area (TPSA) is 61.8 Å². The molecule has 5 heteroatoms. The Bertz CT molecular complexity index is 1290. The second-order valence-corrected chi connectivity index (χ2v) is 11.1. The molecule has 5 nitrogen and oxygen atoms in total. The standard InChI is InChI=1S/C36H44O5/c1-4-6-8-10-11-13-23-39-28-17-15-27(16-18-28)36(38)41-30-20-22-32-31-21-19-29(24-33(31)35(37)34(32)25-30)40-26(3)14-12-9-7-5-2/h15-22,24-26H,4-14,23H2,1-3H3/t26-/m1/s1. The van der Waals surface area contributed by atoms with Crippen molar-refractivity contribution in [2.75, 3.05) is 6.61 Å². The normalized spacial score (nSPS) is 12.5. The van der Waals surface area contributed by atoms with Gasteiger partial charge < -0.3 is 14.2 Å². The van der Waals surface area contributed by atoms with Gasteiger partial charge in [0, 0.05) is 11.1 Å². The highest BCUT2D eigenvalue weighted by Crippen LogP contribution is 2.40. The van der Waals surface area contributed by atoms with Crippen LogP contribution in [0.5, 0.6) is 17.2 Å². The summed E-state index contributed by atoms with van der Waals surface area (Å²) < 4.78 is 17.6. The van der Waals surface area contributed by atoms with Gasteiger partial charge in [0.25, 0.3) is 0 Å². The predicted octanol–water partition coefficient (Wildman–Crippen LogP) is 9.59. The molecule has 1 atom stereocenters. The fourth-order valence-electron chi connectivity index (χ4n) is 5.25. The minimum absolute atomic E-state index is 0.0826.